The standard InChI is InChI=1S/C9H11ClN2O/c10-9(13)7-5-11-12(6-7)8-3-1-2-4-8/h5-6,8H,1-4H2. The van der Waals surface area contributed by atoms with E-state index in [1.807, 2.05) is 4.68 Å². The molecule has 0 unspecified atom stereocenters. The molecule has 0 saturated heterocycles. The first-order valence-corrected chi connectivity index (χ1v) is 4.89. The summed E-state index contributed by atoms with van der Waals surface area (Å²) in [4.78, 5) is 10.8. The van der Waals surface area contributed by atoms with Gasteiger partial charge in [-0.2, -0.15) is 5.10 Å². The van der Waals surface area contributed by atoms with Crippen molar-refractivity contribution in [3.63, 3.8) is 0 Å². The highest BCUT2D eigenvalue weighted by Gasteiger charge is 2.18. The lowest BCUT2D eigenvalue weighted by Gasteiger charge is -2.07. The van der Waals surface area contributed by atoms with E-state index < -0.39 is 5.24 Å². The second-order valence-corrected chi connectivity index (χ2v) is 3.76. The van der Waals surface area contributed by atoms with Crippen LogP contribution < -0.4 is 0 Å². The van der Waals surface area contributed by atoms with Crippen molar-refractivity contribution in [2.75, 3.05) is 0 Å². The lowest BCUT2D eigenvalue weighted by molar-refractivity contribution is 0.108. The van der Waals surface area contributed by atoms with Crippen LogP contribution in [0.15, 0.2) is 12.4 Å². The monoisotopic (exact) mass is 198 g/mol. The van der Waals surface area contributed by atoms with Gasteiger partial charge in [-0.3, -0.25) is 9.48 Å². The zero-order valence-corrected chi connectivity index (χ0v) is 8.00. The maximum absolute atomic E-state index is 10.8. The molecule has 3 nitrogen and oxygen atoms in total. The van der Waals surface area contributed by atoms with E-state index in [9.17, 15) is 4.79 Å². The van der Waals surface area contributed by atoms with Crippen molar-refractivity contribution < 1.29 is 4.79 Å². The highest BCUT2D eigenvalue weighted by atomic mass is 35.5. The summed E-state index contributed by atoms with van der Waals surface area (Å²) in [6.07, 6.45) is 8.12. The molecule has 1 aliphatic carbocycles. The van der Waals surface area contributed by atoms with Crippen molar-refractivity contribution >= 4 is 16.8 Å². The number of hydrogen-bond donors (Lipinski definition) is 0. The average molecular weight is 199 g/mol. The Morgan fingerprint density at radius 2 is 2.23 bits per heavy atom. The Hall–Kier alpha value is -0.830. The minimum absolute atomic E-state index is 0.427. The van der Waals surface area contributed by atoms with Gasteiger partial charge in [0.15, 0.2) is 0 Å². The van der Waals surface area contributed by atoms with Gasteiger partial charge in [0.05, 0.1) is 17.8 Å². The molecule has 0 spiro atoms. The molecule has 0 atom stereocenters. The Morgan fingerprint density at radius 3 is 2.77 bits per heavy atom. The van der Waals surface area contributed by atoms with E-state index in [1.54, 1.807) is 6.20 Å². The van der Waals surface area contributed by atoms with Gasteiger partial charge in [-0.15, -0.1) is 0 Å². The molecule has 1 heterocycles. The van der Waals surface area contributed by atoms with Crippen LogP contribution in [0.1, 0.15) is 42.1 Å². The van der Waals surface area contributed by atoms with Crippen LogP contribution in [0.3, 0.4) is 0 Å². The SMILES string of the molecule is O=C(Cl)c1cnn(C2CCCC2)c1. The number of aromatic nitrogens is 2. The molecule has 0 aliphatic heterocycles. The molecule has 0 bridgehead atoms. The lowest BCUT2D eigenvalue weighted by Crippen LogP contribution is -2.04. The van der Waals surface area contributed by atoms with E-state index in [1.165, 1.54) is 19.0 Å². The molecule has 1 fully saturated rings. The summed E-state index contributed by atoms with van der Waals surface area (Å²) in [6.45, 7) is 0. The highest BCUT2D eigenvalue weighted by Crippen LogP contribution is 2.28. The summed E-state index contributed by atoms with van der Waals surface area (Å²) in [5, 5.41) is 3.70. The molecule has 1 aromatic heterocycles. The summed E-state index contributed by atoms with van der Waals surface area (Å²) in [6, 6.07) is 0.477. The molecule has 1 aromatic rings. The zero-order valence-electron chi connectivity index (χ0n) is 7.24. The van der Waals surface area contributed by atoms with Crippen molar-refractivity contribution in [1.29, 1.82) is 0 Å². The number of nitrogens with zero attached hydrogens (tertiary/aromatic N) is 2. The minimum Gasteiger partial charge on any atom is -0.275 e. The fourth-order valence-corrected chi connectivity index (χ4v) is 1.91. The van der Waals surface area contributed by atoms with E-state index >= 15 is 0 Å². The van der Waals surface area contributed by atoms with Crippen LogP contribution in [0.2, 0.25) is 0 Å². The summed E-state index contributed by atoms with van der Waals surface area (Å²) < 4.78 is 1.86. The average Bonchev–Trinajstić information content (AvgIpc) is 2.75. The van der Waals surface area contributed by atoms with Gasteiger partial charge < -0.3 is 0 Å². The van der Waals surface area contributed by atoms with Gasteiger partial charge in [-0.05, 0) is 24.4 Å². The van der Waals surface area contributed by atoms with Crippen LogP contribution >= 0.6 is 11.6 Å². The van der Waals surface area contributed by atoms with Gasteiger partial charge >= 0.3 is 0 Å². The third-order valence-electron chi connectivity index (χ3n) is 2.53. The molecule has 13 heavy (non-hydrogen) atoms. The van der Waals surface area contributed by atoms with E-state index in [4.69, 9.17) is 11.6 Å². The van der Waals surface area contributed by atoms with Crippen LogP contribution in [-0.2, 0) is 0 Å². The quantitative estimate of drug-likeness (QED) is 0.684. The van der Waals surface area contributed by atoms with Crippen LogP contribution in [0.5, 0.6) is 0 Å². The predicted molar refractivity (Wildman–Crippen MR) is 49.9 cm³/mol. The lowest BCUT2D eigenvalue weighted by atomic mass is 10.2. The van der Waals surface area contributed by atoms with Crippen LogP contribution in [0, 0.1) is 0 Å². The third kappa shape index (κ3) is 1.75. The van der Waals surface area contributed by atoms with Gasteiger partial charge in [0.25, 0.3) is 5.24 Å². The number of halogens is 1. The highest BCUT2D eigenvalue weighted by molar-refractivity contribution is 6.67. The largest absolute Gasteiger partial charge is 0.275 e. The number of carbonyl (C=O) groups excluding carboxylic acids is 1. The molecular weight excluding hydrogens is 188 g/mol. The zero-order chi connectivity index (χ0) is 9.26. The molecule has 2 rings (SSSR count). The minimum atomic E-state index is -0.427. The molecule has 4 heteroatoms. The maximum atomic E-state index is 10.8. The molecule has 0 N–H and O–H groups in total. The van der Waals surface area contributed by atoms with E-state index in [0.29, 0.717) is 11.6 Å². The Labute approximate surface area is 81.7 Å². The van der Waals surface area contributed by atoms with Crippen molar-refractivity contribution in [1.82, 2.24) is 9.78 Å². The number of hydrogen-bond acceptors (Lipinski definition) is 2. The fourth-order valence-electron chi connectivity index (χ4n) is 1.81. The van der Waals surface area contributed by atoms with Gasteiger partial charge in [-0.1, -0.05) is 12.8 Å². The van der Waals surface area contributed by atoms with Gasteiger partial charge in [0.2, 0.25) is 0 Å². The van der Waals surface area contributed by atoms with Crippen molar-refractivity contribution in [2.24, 2.45) is 0 Å². The predicted octanol–water partition coefficient (Wildman–Crippen LogP) is 2.38. The van der Waals surface area contributed by atoms with Crippen LogP contribution in [0.25, 0.3) is 0 Å². The van der Waals surface area contributed by atoms with E-state index in [-0.39, 0.29) is 0 Å². The molecule has 70 valence electrons. The van der Waals surface area contributed by atoms with E-state index in [2.05, 4.69) is 5.10 Å². The molecular formula is C9H11ClN2O. The third-order valence-corrected chi connectivity index (χ3v) is 2.75. The molecule has 0 amide bonds. The molecule has 0 radical (unpaired) electrons. The Morgan fingerprint density at radius 1 is 1.54 bits per heavy atom. The van der Waals surface area contributed by atoms with Crippen molar-refractivity contribution in [3.8, 4) is 0 Å². The summed E-state index contributed by atoms with van der Waals surface area (Å²) in [5.74, 6) is 0. The van der Waals surface area contributed by atoms with Gasteiger partial charge in [0, 0.05) is 6.20 Å². The first-order chi connectivity index (χ1) is 6.27. The molecule has 0 aromatic carbocycles. The smallest absolute Gasteiger partial charge is 0.255 e. The summed E-state index contributed by atoms with van der Waals surface area (Å²) in [7, 11) is 0. The second-order valence-electron chi connectivity index (χ2n) is 3.42. The van der Waals surface area contributed by atoms with Gasteiger partial charge in [-0.25, -0.2) is 0 Å². The Bertz CT molecular complexity index is 315. The van der Waals surface area contributed by atoms with Crippen molar-refractivity contribution in [3.05, 3.63) is 18.0 Å². The van der Waals surface area contributed by atoms with Gasteiger partial charge in [0.1, 0.15) is 0 Å². The topological polar surface area (TPSA) is 34.9 Å². The Balaban J connectivity index is 2.16. The molecule has 1 saturated carbocycles. The van der Waals surface area contributed by atoms with Crippen molar-refractivity contribution in [2.45, 2.75) is 31.7 Å². The summed E-state index contributed by atoms with van der Waals surface area (Å²) >= 11 is 5.33. The van der Waals surface area contributed by atoms with E-state index in [0.717, 1.165) is 12.8 Å². The Kier molecular flexibility index (Phi) is 2.36. The fraction of sp³-hybridized carbons (Fsp3) is 0.556. The number of rotatable bonds is 2. The van der Waals surface area contributed by atoms with Crippen LogP contribution in [-0.4, -0.2) is 15.0 Å². The van der Waals surface area contributed by atoms with Crippen LogP contribution in [0.4, 0.5) is 0 Å². The second kappa shape index (κ2) is 3.50. The number of carbonyl (C=O) groups is 1. The normalized spacial score (nSPS) is 17.9. The first kappa shape index (κ1) is 8.75. The maximum Gasteiger partial charge on any atom is 0.255 e. The first-order valence-electron chi connectivity index (χ1n) is 4.51. The summed E-state index contributed by atoms with van der Waals surface area (Å²) in [5.41, 5.74) is 0.494. The molecule has 1 aliphatic rings.